The summed E-state index contributed by atoms with van der Waals surface area (Å²) in [6.45, 7) is 9.57. The summed E-state index contributed by atoms with van der Waals surface area (Å²) in [7, 11) is -3.58. The number of carbonyl (C=O) groups is 1. The molecule has 1 heterocycles. The topological polar surface area (TPSA) is 81.5 Å². The van der Waals surface area contributed by atoms with Crippen molar-refractivity contribution in [3.8, 4) is 6.07 Å². The Morgan fingerprint density at radius 1 is 1.09 bits per heavy atom. The Morgan fingerprint density at radius 2 is 1.66 bits per heavy atom. The van der Waals surface area contributed by atoms with Gasteiger partial charge in [0.15, 0.2) is 0 Å². The Balaban J connectivity index is 1.79. The lowest BCUT2D eigenvalue weighted by Crippen LogP contribution is -2.42. The van der Waals surface area contributed by atoms with Crippen molar-refractivity contribution in [3.63, 3.8) is 0 Å². The van der Waals surface area contributed by atoms with Crippen LogP contribution in [-0.4, -0.2) is 43.2 Å². The molecule has 0 aliphatic carbocycles. The van der Waals surface area contributed by atoms with Gasteiger partial charge in [0.2, 0.25) is 10.0 Å². The molecule has 0 bridgehead atoms. The number of piperidine rings is 1. The molecule has 2 aromatic rings. The van der Waals surface area contributed by atoms with E-state index in [9.17, 15) is 13.2 Å². The van der Waals surface area contributed by atoms with E-state index in [0.717, 1.165) is 12.0 Å². The normalized spacial score (nSPS) is 20.3. The van der Waals surface area contributed by atoms with Crippen LogP contribution in [0.1, 0.15) is 61.6 Å². The molecule has 0 N–H and O–H groups in total. The molecule has 3 rings (SSSR count). The van der Waals surface area contributed by atoms with Gasteiger partial charge in [0, 0.05) is 25.2 Å². The minimum Gasteiger partial charge on any atom is -0.332 e. The molecule has 2 aromatic carbocycles. The summed E-state index contributed by atoms with van der Waals surface area (Å²) >= 11 is 0. The number of hydrogen-bond donors (Lipinski definition) is 0. The molecule has 0 spiro atoms. The highest BCUT2D eigenvalue weighted by Crippen LogP contribution is 2.27. The first-order chi connectivity index (χ1) is 15.2. The lowest BCUT2D eigenvalue weighted by molar-refractivity contribution is 0.0702. The van der Waals surface area contributed by atoms with Gasteiger partial charge < -0.3 is 4.90 Å². The largest absolute Gasteiger partial charge is 0.332 e. The highest BCUT2D eigenvalue weighted by molar-refractivity contribution is 7.89. The summed E-state index contributed by atoms with van der Waals surface area (Å²) in [6.07, 6.45) is 1.03. The minimum absolute atomic E-state index is 0.159. The second kappa shape index (κ2) is 9.85. The van der Waals surface area contributed by atoms with Crippen LogP contribution in [0.25, 0.3) is 0 Å². The van der Waals surface area contributed by atoms with E-state index < -0.39 is 10.0 Å². The molecule has 1 fully saturated rings. The Morgan fingerprint density at radius 3 is 2.16 bits per heavy atom. The first-order valence-electron chi connectivity index (χ1n) is 11.1. The van der Waals surface area contributed by atoms with E-state index in [0.29, 0.717) is 42.6 Å². The van der Waals surface area contributed by atoms with Crippen LogP contribution in [0.15, 0.2) is 53.4 Å². The van der Waals surface area contributed by atoms with Crippen molar-refractivity contribution in [2.45, 2.75) is 45.1 Å². The third-order valence-corrected chi connectivity index (χ3v) is 8.01. The van der Waals surface area contributed by atoms with Crippen LogP contribution in [-0.2, 0) is 10.0 Å². The molecule has 3 atom stereocenters. The zero-order valence-electron chi connectivity index (χ0n) is 19.2. The maximum absolute atomic E-state index is 13.2. The summed E-state index contributed by atoms with van der Waals surface area (Å²) in [5.74, 6) is 0.501. The van der Waals surface area contributed by atoms with E-state index in [1.54, 1.807) is 33.5 Å². The molecular formula is C25H31N3O3S. The number of nitriles is 1. The van der Waals surface area contributed by atoms with Gasteiger partial charge in [0.1, 0.15) is 0 Å². The number of rotatable bonds is 6. The highest BCUT2D eigenvalue weighted by Gasteiger charge is 2.32. The Kier molecular flexibility index (Phi) is 7.37. The molecule has 3 unspecified atom stereocenters. The number of nitrogens with zero attached hydrogens (tertiary/aromatic N) is 3. The van der Waals surface area contributed by atoms with Crippen LogP contribution < -0.4 is 0 Å². The standard InChI is InChI=1S/C25H31N3O3S/c1-5-28(20(4)22-8-6-21(15-26)7-9-22)25(29)23-10-12-24(13-11-23)32(30,31)27-16-18(2)14-19(3)17-27/h6-13,18-20H,5,14,16-17H2,1-4H3. The fourth-order valence-electron chi connectivity index (χ4n) is 4.50. The zero-order valence-corrected chi connectivity index (χ0v) is 20.0. The van der Waals surface area contributed by atoms with Gasteiger partial charge in [0.05, 0.1) is 22.6 Å². The predicted octanol–water partition coefficient (Wildman–Crippen LogP) is 4.45. The molecule has 1 aliphatic rings. The van der Waals surface area contributed by atoms with Gasteiger partial charge in [-0.2, -0.15) is 9.57 Å². The average Bonchev–Trinajstić information content (AvgIpc) is 2.79. The lowest BCUT2D eigenvalue weighted by Gasteiger charge is -2.34. The van der Waals surface area contributed by atoms with Crippen LogP contribution in [0.4, 0.5) is 0 Å². The molecule has 0 radical (unpaired) electrons. The molecule has 0 aromatic heterocycles. The average molecular weight is 454 g/mol. The molecule has 32 heavy (non-hydrogen) atoms. The highest BCUT2D eigenvalue weighted by atomic mass is 32.2. The third-order valence-electron chi connectivity index (χ3n) is 6.17. The van der Waals surface area contributed by atoms with E-state index in [4.69, 9.17) is 5.26 Å². The van der Waals surface area contributed by atoms with Crippen LogP contribution in [0.5, 0.6) is 0 Å². The van der Waals surface area contributed by atoms with Crippen molar-refractivity contribution >= 4 is 15.9 Å². The van der Waals surface area contributed by atoms with E-state index in [-0.39, 0.29) is 16.8 Å². The summed E-state index contributed by atoms with van der Waals surface area (Å²) < 4.78 is 27.8. The molecule has 1 amide bonds. The van der Waals surface area contributed by atoms with Crippen LogP contribution in [0.3, 0.4) is 0 Å². The quantitative estimate of drug-likeness (QED) is 0.647. The van der Waals surface area contributed by atoms with E-state index in [1.165, 1.54) is 12.1 Å². The number of carbonyl (C=O) groups excluding carboxylic acids is 1. The molecule has 0 saturated carbocycles. The van der Waals surface area contributed by atoms with Gasteiger partial charge in [-0.3, -0.25) is 4.79 Å². The van der Waals surface area contributed by atoms with Crippen molar-refractivity contribution in [3.05, 3.63) is 65.2 Å². The second-order valence-electron chi connectivity index (χ2n) is 8.79. The van der Waals surface area contributed by atoms with Gasteiger partial charge in [-0.1, -0.05) is 26.0 Å². The SMILES string of the molecule is CCN(C(=O)c1ccc(S(=O)(=O)N2CC(C)CC(C)C2)cc1)C(C)c1ccc(C#N)cc1. The van der Waals surface area contributed by atoms with E-state index >= 15 is 0 Å². The number of hydrogen-bond acceptors (Lipinski definition) is 4. The molecule has 6 nitrogen and oxygen atoms in total. The van der Waals surface area contributed by atoms with Crippen LogP contribution in [0, 0.1) is 23.2 Å². The van der Waals surface area contributed by atoms with Gasteiger partial charge in [-0.05, 0) is 74.1 Å². The van der Waals surface area contributed by atoms with E-state index in [2.05, 4.69) is 19.9 Å². The van der Waals surface area contributed by atoms with Crippen molar-refractivity contribution < 1.29 is 13.2 Å². The van der Waals surface area contributed by atoms with Crippen molar-refractivity contribution in [2.24, 2.45) is 11.8 Å². The van der Waals surface area contributed by atoms with Crippen LogP contribution >= 0.6 is 0 Å². The fourth-order valence-corrected chi connectivity index (χ4v) is 6.18. The summed E-state index contributed by atoms with van der Waals surface area (Å²) in [5, 5.41) is 8.99. The Hall–Kier alpha value is -2.69. The summed E-state index contributed by atoms with van der Waals surface area (Å²) in [4.78, 5) is 15.1. The number of benzene rings is 2. The van der Waals surface area contributed by atoms with E-state index in [1.807, 2.05) is 26.0 Å². The first kappa shape index (κ1) is 24.0. The molecule has 1 saturated heterocycles. The maximum Gasteiger partial charge on any atom is 0.254 e. The third kappa shape index (κ3) is 5.03. The summed E-state index contributed by atoms with van der Waals surface area (Å²) in [6, 6.07) is 15.4. The van der Waals surface area contributed by atoms with Crippen molar-refractivity contribution in [2.75, 3.05) is 19.6 Å². The van der Waals surface area contributed by atoms with Gasteiger partial charge in [0.25, 0.3) is 5.91 Å². The number of amides is 1. The Bertz CT molecular complexity index is 1080. The zero-order chi connectivity index (χ0) is 23.5. The molecule has 7 heteroatoms. The lowest BCUT2D eigenvalue weighted by atomic mass is 9.94. The molecule has 170 valence electrons. The molecule has 1 aliphatic heterocycles. The van der Waals surface area contributed by atoms with Crippen LogP contribution in [0.2, 0.25) is 0 Å². The maximum atomic E-state index is 13.2. The van der Waals surface area contributed by atoms with Gasteiger partial charge in [-0.25, -0.2) is 8.42 Å². The molecular weight excluding hydrogens is 422 g/mol. The van der Waals surface area contributed by atoms with Crippen molar-refractivity contribution in [1.29, 1.82) is 5.26 Å². The monoisotopic (exact) mass is 453 g/mol. The Labute approximate surface area is 191 Å². The number of sulfonamides is 1. The smallest absolute Gasteiger partial charge is 0.254 e. The second-order valence-corrected chi connectivity index (χ2v) is 10.7. The van der Waals surface area contributed by atoms with Gasteiger partial charge >= 0.3 is 0 Å². The first-order valence-corrected chi connectivity index (χ1v) is 12.5. The minimum atomic E-state index is -3.58. The summed E-state index contributed by atoms with van der Waals surface area (Å²) in [5.41, 5.74) is 1.96. The fraction of sp³-hybridized carbons (Fsp3) is 0.440. The predicted molar refractivity (Wildman–Crippen MR) is 124 cm³/mol. The van der Waals surface area contributed by atoms with Crippen molar-refractivity contribution in [1.82, 2.24) is 9.21 Å². The van der Waals surface area contributed by atoms with Gasteiger partial charge in [-0.15, -0.1) is 0 Å².